The second-order valence-electron chi connectivity index (χ2n) is 6.66. The number of rotatable bonds is 9. The number of hydrogen-bond donors (Lipinski definition) is 3. The van der Waals surface area contributed by atoms with Crippen molar-refractivity contribution >= 4 is 11.9 Å². The number of imide groups is 1. The Kier molecular flexibility index (Phi) is 9.21. The van der Waals surface area contributed by atoms with Crippen LogP contribution in [0.4, 0.5) is 4.79 Å². The number of carbonyl (C=O) groups excluding carboxylic acids is 2. The Morgan fingerprint density at radius 2 is 1.90 bits per heavy atom. The van der Waals surface area contributed by atoms with Crippen LogP contribution in [0.15, 0.2) is 0 Å². The maximum absolute atomic E-state index is 11.8. The molecule has 0 rings (SSSR count). The van der Waals surface area contributed by atoms with Crippen LogP contribution in [0.5, 0.6) is 0 Å². The van der Waals surface area contributed by atoms with E-state index in [0.717, 1.165) is 19.5 Å². The smallest absolute Gasteiger partial charge is 0.321 e. The molecule has 0 bridgehead atoms. The predicted octanol–water partition coefficient (Wildman–Crippen LogP) is 1.17. The van der Waals surface area contributed by atoms with E-state index in [4.69, 9.17) is 5.73 Å². The summed E-state index contributed by atoms with van der Waals surface area (Å²) in [5, 5.41) is 5.05. The molecule has 6 heteroatoms. The van der Waals surface area contributed by atoms with E-state index in [-0.39, 0.29) is 17.9 Å². The van der Waals surface area contributed by atoms with Crippen LogP contribution in [0.25, 0.3) is 0 Å². The Hall–Kier alpha value is -1.14. The molecular weight excluding hydrogens is 268 g/mol. The Balaban J connectivity index is 4.12. The molecule has 6 nitrogen and oxygen atoms in total. The molecule has 0 saturated heterocycles. The van der Waals surface area contributed by atoms with Gasteiger partial charge in [-0.2, -0.15) is 0 Å². The molecule has 0 aliphatic rings. The molecule has 0 radical (unpaired) electrons. The molecule has 0 unspecified atom stereocenters. The lowest BCUT2D eigenvalue weighted by Gasteiger charge is -2.30. The lowest BCUT2D eigenvalue weighted by atomic mass is 9.93. The van der Waals surface area contributed by atoms with Gasteiger partial charge in [0.25, 0.3) is 0 Å². The van der Waals surface area contributed by atoms with Crippen LogP contribution in [0, 0.1) is 11.3 Å². The van der Waals surface area contributed by atoms with Gasteiger partial charge in [-0.05, 0) is 30.8 Å². The van der Waals surface area contributed by atoms with E-state index in [0.29, 0.717) is 19.0 Å². The maximum Gasteiger partial charge on any atom is 0.321 e. The molecule has 0 aliphatic heterocycles. The summed E-state index contributed by atoms with van der Waals surface area (Å²) in [5.74, 6) is 0.238. The van der Waals surface area contributed by atoms with Crippen LogP contribution in [0.3, 0.4) is 0 Å². The highest BCUT2D eigenvalue weighted by atomic mass is 16.2. The molecule has 124 valence electrons. The third-order valence-corrected chi connectivity index (χ3v) is 3.28. The van der Waals surface area contributed by atoms with Gasteiger partial charge in [0.15, 0.2) is 0 Å². The van der Waals surface area contributed by atoms with Crippen molar-refractivity contribution < 1.29 is 9.59 Å². The van der Waals surface area contributed by atoms with Crippen LogP contribution in [0.2, 0.25) is 0 Å². The normalized spacial score (nSPS) is 11.8. The number of hydrogen-bond acceptors (Lipinski definition) is 4. The van der Waals surface area contributed by atoms with E-state index >= 15 is 0 Å². The van der Waals surface area contributed by atoms with Crippen molar-refractivity contribution in [3.05, 3.63) is 0 Å². The molecule has 3 amide bonds. The topological polar surface area (TPSA) is 87.5 Å². The van der Waals surface area contributed by atoms with Gasteiger partial charge < -0.3 is 11.1 Å². The number of nitrogens with zero attached hydrogens (tertiary/aromatic N) is 1. The van der Waals surface area contributed by atoms with Gasteiger partial charge in [0.1, 0.15) is 0 Å². The Bertz CT molecular complexity index is 330. The standard InChI is InChI=1S/C15H32N4O2/c1-6-19(11-15(4,5)10-16)9-13(20)18-14(21)17-8-7-12(2)3/h12H,6-11,16H2,1-5H3,(H2,17,18,20,21). The molecule has 0 aromatic carbocycles. The summed E-state index contributed by atoms with van der Waals surface area (Å²) in [5.41, 5.74) is 5.66. The van der Waals surface area contributed by atoms with E-state index in [2.05, 4.69) is 38.3 Å². The van der Waals surface area contributed by atoms with Gasteiger partial charge in [0.05, 0.1) is 6.54 Å². The van der Waals surface area contributed by atoms with E-state index in [1.807, 2.05) is 11.8 Å². The minimum atomic E-state index is -0.421. The number of carbonyl (C=O) groups is 2. The number of amides is 3. The van der Waals surface area contributed by atoms with Crippen LogP contribution in [0.1, 0.15) is 41.0 Å². The van der Waals surface area contributed by atoms with Gasteiger partial charge in [-0.1, -0.05) is 34.6 Å². The first-order valence-electron chi connectivity index (χ1n) is 7.70. The Morgan fingerprint density at radius 3 is 2.38 bits per heavy atom. The summed E-state index contributed by atoms with van der Waals surface area (Å²) in [7, 11) is 0. The summed E-state index contributed by atoms with van der Waals surface area (Å²) in [6, 6.07) is -0.421. The Morgan fingerprint density at radius 1 is 1.29 bits per heavy atom. The number of nitrogens with one attached hydrogen (secondary N) is 2. The Labute approximate surface area is 128 Å². The van der Waals surface area contributed by atoms with Crippen molar-refractivity contribution in [2.45, 2.75) is 41.0 Å². The maximum atomic E-state index is 11.8. The van der Waals surface area contributed by atoms with Gasteiger partial charge in [-0.25, -0.2) is 4.79 Å². The quantitative estimate of drug-likeness (QED) is 0.596. The summed E-state index contributed by atoms with van der Waals surface area (Å²) < 4.78 is 0. The lowest BCUT2D eigenvalue weighted by molar-refractivity contribution is -0.121. The number of urea groups is 1. The first kappa shape index (κ1) is 19.9. The molecule has 0 aliphatic carbocycles. The van der Waals surface area contributed by atoms with E-state index in [1.165, 1.54) is 0 Å². The second-order valence-corrected chi connectivity index (χ2v) is 6.66. The molecule has 0 atom stereocenters. The van der Waals surface area contributed by atoms with Crippen molar-refractivity contribution in [3.63, 3.8) is 0 Å². The van der Waals surface area contributed by atoms with E-state index in [9.17, 15) is 9.59 Å². The molecule has 0 heterocycles. The highest BCUT2D eigenvalue weighted by molar-refractivity contribution is 5.95. The zero-order valence-electron chi connectivity index (χ0n) is 14.2. The van der Waals surface area contributed by atoms with Gasteiger partial charge in [0.2, 0.25) is 5.91 Å². The summed E-state index contributed by atoms with van der Waals surface area (Å²) in [6.07, 6.45) is 0.896. The third kappa shape index (κ3) is 10.3. The van der Waals surface area contributed by atoms with Gasteiger partial charge >= 0.3 is 6.03 Å². The van der Waals surface area contributed by atoms with Crippen molar-refractivity contribution in [2.75, 3.05) is 32.7 Å². The average molecular weight is 300 g/mol. The summed E-state index contributed by atoms with van der Waals surface area (Å²) >= 11 is 0. The summed E-state index contributed by atoms with van der Waals surface area (Å²) in [4.78, 5) is 25.4. The molecule has 0 fully saturated rings. The first-order chi connectivity index (χ1) is 9.70. The number of nitrogens with two attached hydrogens (primary N) is 1. The molecule has 0 saturated carbocycles. The lowest BCUT2D eigenvalue weighted by Crippen LogP contribution is -2.47. The molecule has 0 aromatic rings. The van der Waals surface area contributed by atoms with Crippen molar-refractivity contribution in [3.8, 4) is 0 Å². The molecule has 21 heavy (non-hydrogen) atoms. The van der Waals surface area contributed by atoms with Crippen LogP contribution < -0.4 is 16.4 Å². The number of likely N-dealkylation sites (N-methyl/N-ethyl adjacent to an activating group) is 1. The van der Waals surface area contributed by atoms with E-state index in [1.54, 1.807) is 0 Å². The van der Waals surface area contributed by atoms with Gasteiger partial charge in [-0.15, -0.1) is 0 Å². The molecule has 4 N–H and O–H groups in total. The van der Waals surface area contributed by atoms with Gasteiger partial charge in [-0.3, -0.25) is 15.0 Å². The minimum absolute atomic E-state index is 0.0458. The van der Waals surface area contributed by atoms with Crippen molar-refractivity contribution in [2.24, 2.45) is 17.1 Å². The van der Waals surface area contributed by atoms with E-state index < -0.39 is 6.03 Å². The van der Waals surface area contributed by atoms with Crippen molar-refractivity contribution in [1.29, 1.82) is 0 Å². The van der Waals surface area contributed by atoms with Crippen molar-refractivity contribution in [1.82, 2.24) is 15.5 Å². The predicted molar refractivity (Wildman–Crippen MR) is 85.9 cm³/mol. The largest absolute Gasteiger partial charge is 0.338 e. The van der Waals surface area contributed by atoms with Crippen LogP contribution in [-0.2, 0) is 4.79 Å². The van der Waals surface area contributed by atoms with Crippen LogP contribution in [-0.4, -0.2) is 49.6 Å². The zero-order chi connectivity index (χ0) is 16.5. The first-order valence-corrected chi connectivity index (χ1v) is 7.70. The summed E-state index contributed by atoms with van der Waals surface area (Å²) in [6.45, 7) is 13.1. The SMILES string of the molecule is CCN(CC(=O)NC(=O)NCCC(C)C)CC(C)(C)CN. The highest BCUT2D eigenvalue weighted by Gasteiger charge is 2.21. The monoisotopic (exact) mass is 300 g/mol. The van der Waals surface area contributed by atoms with Gasteiger partial charge in [0, 0.05) is 13.1 Å². The van der Waals surface area contributed by atoms with Crippen LogP contribution >= 0.6 is 0 Å². The third-order valence-electron chi connectivity index (χ3n) is 3.28. The second kappa shape index (κ2) is 9.73. The fourth-order valence-corrected chi connectivity index (χ4v) is 1.84. The highest BCUT2D eigenvalue weighted by Crippen LogP contribution is 2.14. The molecule has 0 aromatic heterocycles. The average Bonchev–Trinajstić information content (AvgIpc) is 2.37. The fraction of sp³-hybridized carbons (Fsp3) is 0.867. The molecular formula is C15H32N4O2. The molecule has 0 spiro atoms. The minimum Gasteiger partial charge on any atom is -0.338 e. The fourth-order valence-electron chi connectivity index (χ4n) is 1.84. The zero-order valence-corrected chi connectivity index (χ0v) is 14.2.